The lowest BCUT2D eigenvalue weighted by molar-refractivity contribution is -0.124. The SMILES string of the molecule is CCn1nc(C)c(Cl)c1CC(=O)C1(CC)CCCN1. The first-order chi connectivity index (χ1) is 9.04. The van der Waals surface area contributed by atoms with Crippen molar-refractivity contribution in [2.45, 2.75) is 58.5 Å². The average Bonchev–Trinajstić information content (AvgIpc) is 2.99. The number of carbonyl (C=O) groups is 1. The van der Waals surface area contributed by atoms with Gasteiger partial charge >= 0.3 is 0 Å². The maximum atomic E-state index is 12.6. The summed E-state index contributed by atoms with van der Waals surface area (Å²) < 4.78 is 1.84. The van der Waals surface area contributed by atoms with Crippen LogP contribution in [0.2, 0.25) is 5.02 Å². The number of carbonyl (C=O) groups excluding carboxylic acids is 1. The predicted octanol–water partition coefficient (Wildman–Crippen LogP) is 2.51. The van der Waals surface area contributed by atoms with Crippen LogP contribution < -0.4 is 5.32 Å². The van der Waals surface area contributed by atoms with Gasteiger partial charge in [-0.2, -0.15) is 5.10 Å². The lowest BCUT2D eigenvalue weighted by Gasteiger charge is -2.26. The maximum absolute atomic E-state index is 12.6. The van der Waals surface area contributed by atoms with Crippen molar-refractivity contribution in [2.75, 3.05) is 6.54 Å². The third kappa shape index (κ3) is 2.56. The molecule has 1 unspecified atom stereocenters. The van der Waals surface area contributed by atoms with E-state index in [1.54, 1.807) is 0 Å². The number of rotatable bonds is 5. The van der Waals surface area contributed by atoms with Gasteiger partial charge in [-0.15, -0.1) is 0 Å². The molecule has 0 aliphatic carbocycles. The smallest absolute Gasteiger partial charge is 0.158 e. The number of halogens is 1. The number of nitrogens with zero attached hydrogens (tertiary/aromatic N) is 2. The second-order valence-corrected chi connectivity index (χ2v) is 5.61. The van der Waals surface area contributed by atoms with Gasteiger partial charge in [0, 0.05) is 6.54 Å². The van der Waals surface area contributed by atoms with E-state index in [0.717, 1.165) is 43.7 Å². The minimum absolute atomic E-state index is 0.240. The summed E-state index contributed by atoms with van der Waals surface area (Å²) in [7, 11) is 0. The van der Waals surface area contributed by atoms with Gasteiger partial charge in [-0.1, -0.05) is 18.5 Å². The number of aryl methyl sites for hydroxylation is 2. The Morgan fingerprint density at radius 3 is 2.79 bits per heavy atom. The molecule has 1 aromatic heterocycles. The average molecular weight is 284 g/mol. The molecule has 0 radical (unpaired) electrons. The molecule has 106 valence electrons. The molecule has 1 aliphatic heterocycles. The van der Waals surface area contributed by atoms with Crippen LogP contribution >= 0.6 is 11.6 Å². The third-order valence-electron chi connectivity index (χ3n) is 4.16. The quantitative estimate of drug-likeness (QED) is 0.903. The lowest BCUT2D eigenvalue weighted by atomic mass is 9.87. The van der Waals surface area contributed by atoms with Crippen molar-refractivity contribution in [3.8, 4) is 0 Å². The van der Waals surface area contributed by atoms with Crippen molar-refractivity contribution in [3.63, 3.8) is 0 Å². The molecule has 2 heterocycles. The minimum atomic E-state index is -0.347. The van der Waals surface area contributed by atoms with Gasteiger partial charge in [0.1, 0.15) is 0 Å². The Morgan fingerprint density at radius 1 is 1.53 bits per heavy atom. The van der Waals surface area contributed by atoms with Gasteiger partial charge in [0.15, 0.2) is 5.78 Å². The molecule has 1 saturated heterocycles. The van der Waals surface area contributed by atoms with Crippen LogP contribution in [0.25, 0.3) is 0 Å². The van der Waals surface area contributed by atoms with E-state index in [9.17, 15) is 4.79 Å². The molecule has 0 spiro atoms. The molecule has 1 N–H and O–H groups in total. The van der Waals surface area contributed by atoms with Gasteiger partial charge in [-0.05, 0) is 39.7 Å². The van der Waals surface area contributed by atoms with Crippen LogP contribution in [0.1, 0.15) is 44.5 Å². The van der Waals surface area contributed by atoms with Crippen LogP contribution in [0.4, 0.5) is 0 Å². The van der Waals surface area contributed by atoms with E-state index in [-0.39, 0.29) is 11.3 Å². The highest BCUT2D eigenvalue weighted by Gasteiger charge is 2.39. The number of ketones is 1. The second kappa shape index (κ2) is 5.63. The zero-order valence-electron chi connectivity index (χ0n) is 11.9. The van der Waals surface area contributed by atoms with Crippen LogP contribution in [0.15, 0.2) is 0 Å². The predicted molar refractivity (Wildman–Crippen MR) is 76.6 cm³/mol. The molecule has 4 nitrogen and oxygen atoms in total. The summed E-state index contributed by atoms with van der Waals surface area (Å²) in [5.74, 6) is 0.240. The summed E-state index contributed by atoms with van der Waals surface area (Å²) in [4.78, 5) is 12.6. The highest BCUT2D eigenvalue weighted by molar-refractivity contribution is 6.32. The molecule has 2 rings (SSSR count). The largest absolute Gasteiger partial charge is 0.305 e. The van der Waals surface area contributed by atoms with Crippen LogP contribution in [0.5, 0.6) is 0 Å². The molecule has 0 amide bonds. The summed E-state index contributed by atoms with van der Waals surface area (Å²) in [6.07, 6.45) is 3.20. The second-order valence-electron chi connectivity index (χ2n) is 5.23. The van der Waals surface area contributed by atoms with Crippen LogP contribution in [-0.4, -0.2) is 27.6 Å². The number of hydrogen-bond donors (Lipinski definition) is 1. The first-order valence-electron chi connectivity index (χ1n) is 7.04. The first kappa shape index (κ1) is 14.5. The number of hydrogen-bond acceptors (Lipinski definition) is 3. The maximum Gasteiger partial charge on any atom is 0.158 e. The molecule has 5 heteroatoms. The van der Waals surface area contributed by atoms with E-state index >= 15 is 0 Å². The Balaban J connectivity index is 2.23. The molecule has 0 saturated carbocycles. The highest BCUT2D eigenvalue weighted by atomic mass is 35.5. The third-order valence-corrected chi connectivity index (χ3v) is 4.65. The Bertz CT molecular complexity index is 475. The Hall–Kier alpha value is -0.870. The molecule has 1 aromatic rings. The highest BCUT2D eigenvalue weighted by Crippen LogP contribution is 2.28. The standard InChI is InChI=1S/C14H22ClN3O/c1-4-14(7-6-8-16-14)12(19)9-11-13(15)10(3)17-18(11)5-2/h16H,4-9H2,1-3H3. The van der Waals surface area contributed by atoms with E-state index in [1.165, 1.54) is 0 Å². The molecule has 0 bridgehead atoms. The topological polar surface area (TPSA) is 46.9 Å². The summed E-state index contributed by atoms with van der Waals surface area (Å²) in [6.45, 7) is 7.63. The minimum Gasteiger partial charge on any atom is -0.305 e. The number of aromatic nitrogens is 2. The van der Waals surface area contributed by atoms with Gasteiger partial charge in [-0.25, -0.2) is 0 Å². The van der Waals surface area contributed by atoms with E-state index in [4.69, 9.17) is 11.6 Å². The van der Waals surface area contributed by atoms with Crippen molar-refractivity contribution < 1.29 is 4.79 Å². The zero-order chi connectivity index (χ0) is 14.0. The molecule has 19 heavy (non-hydrogen) atoms. The summed E-state index contributed by atoms with van der Waals surface area (Å²) >= 11 is 6.28. The first-order valence-corrected chi connectivity index (χ1v) is 7.42. The Kier molecular flexibility index (Phi) is 4.31. The summed E-state index contributed by atoms with van der Waals surface area (Å²) in [5, 5.41) is 8.39. The lowest BCUT2D eigenvalue weighted by Crippen LogP contribution is -2.48. The monoisotopic (exact) mass is 283 g/mol. The van der Waals surface area contributed by atoms with Gasteiger partial charge in [0.25, 0.3) is 0 Å². The van der Waals surface area contributed by atoms with Crippen molar-refractivity contribution in [1.82, 2.24) is 15.1 Å². The Labute approximate surface area is 119 Å². The molecule has 1 fully saturated rings. The summed E-state index contributed by atoms with van der Waals surface area (Å²) in [5.41, 5.74) is 1.31. The molecule has 1 atom stereocenters. The van der Waals surface area contributed by atoms with E-state index < -0.39 is 0 Å². The van der Waals surface area contributed by atoms with Crippen molar-refractivity contribution in [2.24, 2.45) is 0 Å². The van der Waals surface area contributed by atoms with Crippen LogP contribution in [0, 0.1) is 6.92 Å². The van der Waals surface area contributed by atoms with E-state index in [2.05, 4.69) is 17.3 Å². The molecule has 0 aromatic carbocycles. The van der Waals surface area contributed by atoms with E-state index in [0.29, 0.717) is 11.4 Å². The summed E-state index contributed by atoms with van der Waals surface area (Å²) in [6, 6.07) is 0. The van der Waals surface area contributed by atoms with Gasteiger partial charge in [0.05, 0.1) is 28.4 Å². The molecule has 1 aliphatic rings. The fourth-order valence-electron chi connectivity index (χ4n) is 2.90. The molecular formula is C14H22ClN3O. The fraction of sp³-hybridized carbons (Fsp3) is 0.714. The van der Waals surface area contributed by atoms with Gasteiger partial charge < -0.3 is 5.32 Å². The number of Topliss-reactive ketones (excluding diaryl/α,β-unsaturated/α-hetero) is 1. The zero-order valence-corrected chi connectivity index (χ0v) is 12.7. The number of nitrogens with one attached hydrogen (secondary N) is 1. The Morgan fingerprint density at radius 2 is 2.26 bits per heavy atom. The van der Waals surface area contributed by atoms with E-state index in [1.807, 2.05) is 18.5 Å². The van der Waals surface area contributed by atoms with Crippen molar-refractivity contribution in [1.29, 1.82) is 0 Å². The van der Waals surface area contributed by atoms with Gasteiger partial charge in [0.2, 0.25) is 0 Å². The molecular weight excluding hydrogens is 262 g/mol. The van der Waals surface area contributed by atoms with Crippen molar-refractivity contribution in [3.05, 3.63) is 16.4 Å². The fourth-order valence-corrected chi connectivity index (χ4v) is 3.10. The normalized spacial score (nSPS) is 22.9. The van der Waals surface area contributed by atoms with Gasteiger partial charge in [-0.3, -0.25) is 9.48 Å². The van der Waals surface area contributed by atoms with Crippen LogP contribution in [-0.2, 0) is 17.8 Å². The van der Waals surface area contributed by atoms with Crippen LogP contribution in [0.3, 0.4) is 0 Å². The van der Waals surface area contributed by atoms with Crippen molar-refractivity contribution >= 4 is 17.4 Å².